The Hall–Kier alpha value is -2.78. The molecule has 4 aliphatic heterocycles. The van der Waals surface area contributed by atoms with Gasteiger partial charge in [-0.25, -0.2) is 0 Å². The summed E-state index contributed by atoms with van der Waals surface area (Å²) in [6.45, 7) is 3.37. The van der Waals surface area contributed by atoms with Crippen molar-refractivity contribution in [1.29, 1.82) is 0 Å². The van der Waals surface area contributed by atoms with Crippen molar-refractivity contribution in [2.75, 3.05) is 44.8 Å². The first-order chi connectivity index (χ1) is 17.0. The fourth-order valence-electron chi connectivity index (χ4n) is 6.00. The molecule has 35 heavy (non-hydrogen) atoms. The van der Waals surface area contributed by atoms with Gasteiger partial charge in [-0.1, -0.05) is 31.2 Å². The molecule has 1 unspecified atom stereocenters. The van der Waals surface area contributed by atoms with E-state index in [0.29, 0.717) is 31.1 Å². The maximum absolute atomic E-state index is 14.1. The van der Waals surface area contributed by atoms with E-state index < -0.39 is 22.6 Å². The average Bonchev–Trinajstić information content (AvgIpc) is 3.17. The van der Waals surface area contributed by atoms with Gasteiger partial charge >= 0.3 is 0 Å². The lowest BCUT2D eigenvalue weighted by Gasteiger charge is -2.35. The van der Waals surface area contributed by atoms with Gasteiger partial charge in [0.05, 0.1) is 30.3 Å². The molecule has 1 aromatic carbocycles. The van der Waals surface area contributed by atoms with E-state index in [2.05, 4.69) is 0 Å². The van der Waals surface area contributed by atoms with E-state index >= 15 is 0 Å². The number of anilines is 1. The van der Waals surface area contributed by atoms with Gasteiger partial charge in [0.1, 0.15) is 11.8 Å². The number of benzene rings is 1. The summed E-state index contributed by atoms with van der Waals surface area (Å²) < 4.78 is 4.39. The number of nitrogens with zero attached hydrogens (tertiary/aromatic N) is 3. The first kappa shape index (κ1) is 23.9. The van der Waals surface area contributed by atoms with E-state index in [1.807, 2.05) is 48.3 Å². The first-order valence-electron chi connectivity index (χ1n) is 12.1. The summed E-state index contributed by atoms with van der Waals surface area (Å²) in [7, 11) is 1.59. The summed E-state index contributed by atoms with van der Waals surface area (Å²) in [6.07, 6.45) is 8.83. The Kier molecular flexibility index (Phi) is 6.40. The third-order valence-corrected chi connectivity index (χ3v) is 9.20. The third-order valence-electron chi connectivity index (χ3n) is 7.46. The highest BCUT2D eigenvalue weighted by Crippen LogP contribution is 2.61. The van der Waals surface area contributed by atoms with E-state index in [1.165, 1.54) is 4.90 Å². The van der Waals surface area contributed by atoms with Crippen LogP contribution in [0.2, 0.25) is 0 Å². The Balaban J connectivity index is 1.57. The summed E-state index contributed by atoms with van der Waals surface area (Å²) in [5, 5.41) is 9.61. The highest BCUT2D eigenvalue weighted by atomic mass is 32.2. The number of amides is 3. The lowest BCUT2D eigenvalue weighted by atomic mass is 9.78. The van der Waals surface area contributed by atoms with Gasteiger partial charge < -0.3 is 24.5 Å². The number of ether oxygens (including phenoxy) is 1. The molecule has 1 N–H and O–H groups in total. The van der Waals surface area contributed by atoms with E-state index in [-0.39, 0.29) is 36.1 Å². The monoisotopic (exact) mass is 497 g/mol. The molecule has 8 nitrogen and oxygen atoms in total. The number of rotatable bonds is 6. The second-order valence-corrected chi connectivity index (χ2v) is 10.8. The van der Waals surface area contributed by atoms with Gasteiger partial charge in [-0.2, -0.15) is 0 Å². The topological polar surface area (TPSA) is 90.4 Å². The van der Waals surface area contributed by atoms with Crippen LogP contribution in [0.5, 0.6) is 5.75 Å². The predicted octanol–water partition coefficient (Wildman–Crippen LogP) is 1.70. The van der Waals surface area contributed by atoms with Gasteiger partial charge in [0.25, 0.3) is 5.91 Å². The standard InChI is InChI=1S/C26H31N3O5S/c1-3-12-27-13-4-6-19-20(23(27)31)21-24(32)29(15-16-30)22-25(33)28(14-5-11-26(21,22)35-19)17-7-9-18(34-2)10-8-17/h4-11,19-22,30H,3,12-16H2,1-2H3/t19-,20+,21+,22?,26+/m1/s1. The Morgan fingerprint density at radius 2 is 1.83 bits per heavy atom. The number of aliphatic hydroxyl groups excluding tert-OH is 1. The minimum atomic E-state index is -0.866. The fraction of sp³-hybridized carbons (Fsp3) is 0.500. The van der Waals surface area contributed by atoms with Crippen LogP contribution in [0.3, 0.4) is 0 Å². The van der Waals surface area contributed by atoms with E-state index in [9.17, 15) is 19.5 Å². The molecule has 9 heteroatoms. The Labute approximate surface area is 209 Å². The molecule has 0 aromatic heterocycles. The molecule has 5 rings (SSSR count). The third kappa shape index (κ3) is 3.67. The van der Waals surface area contributed by atoms with Crippen molar-refractivity contribution in [2.45, 2.75) is 29.4 Å². The van der Waals surface area contributed by atoms with E-state index in [1.54, 1.807) is 35.9 Å². The van der Waals surface area contributed by atoms with Crippen molar-refractivity contribution in [1.82, 2.24) is 9.80 Å². The van der Waals surface area contributed by atoms with Crippen LogP contribution in [0.25, 0.3) is 0 Å². The number of carbonyl (C=O) groups is 3. The fourth-order valence-corrected chi connectivity index (χ4v) is 8.01. The Morgan fingerprint density at radius 3 is 2.51 bits per heavy atom. The van der Waals surface area contributed by atoms with Gasteiger partial charge in [-0.15, -0.1) is 11.8 Å². The Bertz CT molecular complexity index is 1070. The number of β-amino-alcohol motifs (C(OH)–C–C–N with tert-alkyl or cyclic N) is 1. The van der Waals surface area contributed by atoms with Gasteiger partial charge in [-0.05, 0) is 30.7 Å². The summed E-state index contributed by atoms with van der Waals surface area (Å²) in [5.74, 6) is -0.941. The second kappa shape index (κ2) is 9.35. The van der Waals surface area contributed by atoms with Crippen LogP contribution in [0.1, 0.15) is 13.3 Å². The van der Waals surface area contributed by atoms with Crippen LogP contribution in [0.4, 0.5) is 5.69 Å². The summed E-state index contributed by atoms with van der Waals surface area (Å²) in [4.78, 5) is 46.7. The minimum absolute atomic E-state index is 0.0220. The zero-order valence-electron chi connectivity index (χ0n) is 20.0. The van der Waals surface area contributed by atoms with Crippen LogP contribution in [-0.4, -0.2) is 88.6 Å². The SMILES string of the molecule is CCCN1CC=C[C@H]2S[C@]34C=CCN(c5ccc(OC)cc5)C(=O)C3N(CCO)C(=O)[C@@H]4[C@H]2C1=O. The lowest BCUT2D eigenvalue weighted by molar-refractivity contribution is -0.143. The van der Waals surface area contributed by atoms with Gasteiger partial charge in [0.15, 0.2) is 0 Å². The molecule has 4 aliphatic rings. The molecule has 0 aliphatic carbocycles. The van der Waals surface area contributed by atoms with Gasteiger partial charge in [0.2, 0.25) is 11.8 Å². The molecule has 186 valence electrons. The lowest BCUT2D eigenvalue weighted by Crippen LogP contribution is -2.53. The van der Waals surface area contributed by atoms with Crippen LogP contribution < -0.4 is 9.64 Å². The number of aliphatic hydroxyl groups is 1. The van der Waals surface area contributed by atoms with Crippen molar-refractivity contribution in [3.05, 3.63) is 48.6 Å². The molecule has 1 aromatic rings. The van der Waals surface area contributed by atoms with Crippen molar-refractivity contribution in [3.8, 4) is 5.75 Å². The van der Waals surface area contributed by atoms with E-state index in [4.69, 9.17) is 4.74 Å². The number of hydrogen-bond acceptors (Lipinski definition) is 6. The van der Waals surface area contributed by atoms with Gasteiger partial charge in [0, 0.05) is 37.1 Å². The van der Waals surface area contributed by atoms with Crippen LogP contribution in [0, 0.1) is 11.8 Å². The van der Waals surface area contributed by atoms with Crippen molar-refractivity contribution in [2.24, 2.45) is 11.8 Å². The molecule has 3 amide bonds. The smallest absolute Gasteiger partial charge is 0.251 e. The molecule has 4 heterocycles. The number of carbonyl (C=O) groups excluding carboxylic acids is 3. The normalized spacial score (nSPS) is 31.9. The summed E-state index contributed by atoms with van der Waals surface area (Å²) >= 11 is 1.55. The number of thioether (sulfide) groups is 1. The highest BCUT2D eigenvalue weighted by molar-refractivity contribution is 8.02. The van der Waals surface area contributed by atoms with Crippen molar-refractivity contribution in [3.63, 3.8) is 0 Å². The zero-order valence-corrected chi connectivity index (χ0v) is 20.8. The molecule has 5 atom stereocenters. The highest BCUT2D eigenvalue weighted by Gasteiger charge is 2.70. The van der Waals surface area contributed by atoms with Crippen molar-refractivity contribution < 1.29 is 24.2 Å². The quantitative estimate of drug-likeness (QED) is 0.602. The average molecular weight is 498 g/mol. The molecule has 2 fully saturated rings. The second-order valence-electron chi connectivity index (χ2n) is 9.36. The summed E-state index contributed by atoms with van der Waals surface area (Å²) in [6, 6.07) is 6.46. The number of methoxy groups -OCH3 is 1. The van der Waals surface area contributed by atoms with Crippen molar-refractivity contribution >= 4 is 35.2 Å². The maximum atomic E-state index is 14.1. The molecular formula is C26H31N3O5S. The largest absolute Gasteiger partial charge is 0.497 e. The molecule has 1 spiro atoms. The number of hydrogen-bond donors (Lipinski definition) is 1. The first-order valence-corrected chi connectivity index (χ1v) is 13.0. The Morgan fingerprint density at radius 1 is 1.06 bits per heavy atom. The zero-order chi connectivity index (χ0) is 24.7. The summed E-state index contributed by atoms with van der Waals surface area (Å²) in [5.41, 5.74) is 0.708. The molecule has 0 bridgehead atoms. The van der Waals surface area contributed by atoms with Crippen LogP contribution in [-0.2, 0) is 14.4 Å². The van der Waals surface area contributed by atoms with Crippen LogP contribution >= 0.6 is 11.8 Å². The predicted molar refractivity (Wildman–Crippen MR) is 134 cm³/mol. The molecule has 0 saturated carbocycles. The minimum Gasteiger partial charge on any atom is -0.497 e. The van der Waals surface area contributed by atoms with Crippen LogP contribution in [0.15, 0.2) is 48.6 Å². The molecule has 0 radical (unpaired) electrons. The number of fused-ring (bicyclic) bond motifs is 2. The number of likely N-dealkylation sites (tertiary alicyclic amines) is 1. The van der Waals surface area contributed by atoms with E-state index in [0.717, 1.165) is 6.42 Å². The molecule has 2 saturated heterocycles. The van der Waals surface area contributed by atoms with Gasteiger partial charge in [-0.3, -0.25) is 14.4 Å². The molecular weight excluding hydrogens is 466 g/mol. The maximum Gasteiger partial charge on any atom is 0.251 e.